The predicted octanol–water partition coefficient (Wildman–Crippen LogP) is 3.87. The standard InChI is InChI=1S/C31H42N6O4S/c1-17(2)28(26-12-27(35-41-26)36-14-18(3)32-13-19(36)4)31(40)37-15-24(38)11-25(37)30(39)34-20(5)22-7-9-23(10-8-22)29-21(6)33-16-42-29/h7-10,12,16-20,24-25,28,32,38H,11,13-15H2,1-6H3,(H,34,39)/t18-,19+,20+,24-,25+,28+/m1/s1. The van der Waals surface area contributed by atoms with Crippen LogP contribution in [0.3, 0.4) is 0 Å². The van der Waals surface area contributed by atoms with Gasteiger partial charge >= 0.3 is 0 Å². The molecule has 10 nitrogen and oxygen atoms in total. The summed E-state index contributed by atoms with van der Waals surface area (Å²) in [5, 5.41) is 21.4. The SMILES string of the molecule is Cc1ncsc1-c1ccc([C@H](C)NC(=O)[C@@H]2C[C@@H](O)CN2C(=O)[C@H](c2cc(N3C[C@@H](C)NC[C@@H]3C)no2)C(C)C)cc1. The predicted molar refractivity (Wildman–Crippen MR) is 163 cm³/mol. The Balaban J connectivity index is 1.29. The zero-order chi connectivity index (χ0) is 30.1. The molecule has 2 saturated heterocycles. The number of piperazine rings is 1. The van der Waals surface area contributed by atoms with Crippen molar-refractivity contribution >= 4 is 29.0 Å². The van der Waals surface area contributed by atoms with Crippen molar-refractivity contribution in [1.29, 1.82) is 0 Å². The highest BCUT2D eigenvalue weighted by Gasteiger charge is 2.43. The minimum Gasteiger partial charge on any atom is -0.391 e. The van der Waals surface area contributed by atoms with E-state index in [4.69, 9.17) is 4.52 Å². The zero-order valence-corrected chi connectivity index (χ0v) is 26.0. The van der Waals surface area contributed by atoms with Gasteiger partial charge in [-0.3, -0.25) is 9.59 Å². The van der Waals surface area contributed by atoms with E-state index in [1.54, 1.807) is 11.3 Å². The number of aryl methyl sites for hydroxylation is 1. The van der Waals surface area contributed by atoms with Crippen LogP contribution in [0.15, 0.2) is 40.4 Å². The van der Waals surface area contributed by atoms with Gasteiger partial charge in [-0.25, -0.2) is 4.98 Å². The van der Waals surface area contributed by atoms with E-state index in [0.717, 1.165) is 34.8 Å². The highest BCUT2D eigenvalue weighted by atomic mass is 32.1. The summed E-state index contributed by atoms with van der Waals surface area (Å²) in [6.07, 6.45) is -0.584. The van der Waals surface area contributed by atoms with Crippen LogP contribution in [0, 0.1) is 12.8 Å². The Morgan fingerprint density at radius 3 is 2.57 bits per heavy atom. The number of carbonyl (C=O) groups is 2. The van der Waals surface area contributed by atoms with Crippen molar-refractivity contribution < 1.29 is 19.2 Å². The van der Waals surface area contributed by atoms with Crippen LogP contribution in [0.4, 0.5) is 5.82 Å². The minimum absolute atomic E-state index is 0.0984. The van der Waals surface area contributed by atoms with Crippen LogP contribution in [-0.4, -0.2) is 75.8 Å². The third-order valence-corrected chi connectivity index (χ3v) is 9.43. The maximum absolute atomic E-state index is 14.0. The number of hydrogen-bond donors (Lipinski definition) is 3. The van der Waals surface area contributed by atoms with Crippen molar-refractivity contribution in [2.45, 2.75) is 84.2 Å². The summed E-state index contributed by atoms with van der Waals surface area (Å²) in [4.78, 5) is 36.7. The summed E-state index contributed by atoms with van der Waals surface area (Å²) in [6, 6.07) is 9.45. The van der Waals surface area contributed by atoms with Crippen LogP contribution in [-0.2, 0) is 9.59 Å². The number of aliphatic hydroxyl groups excluding tert-OH is 1. The summed E-state index contributed by atoms with van der Waals surface area (Å²) in [7, 11) is 0. The summed E-state index contributed by atoms with van der Waals surface area (Å²) in [6.45, 7) is 13.8. The number of aliphatic hydroxyl groups is 1. The van der Waals surface area contributed by atoms with E-state index in [1.807, 2.05) is 63.5 Å². The van der Waals surface area contributed by atoms with Gasteiger partial charge in [0, 0.05) is 44.2 Å². The lowest BCUT2D eigenvalue weighted by atomic mass is 9.91. The Labute approximate surface area is 251 Å². The topological polar surface area (TPSA) is 124 Å². The number of carbonyl (C=O) groups excluding carboxylic acids is 2. The molecule has 2 fully saturated rings. The molecule has 226 valence electrons. The fraction of sp³-hybridized carbons (Fsp3) is 0.548. The maximum Gasteiger partial charge on any atom is 0.243 e. The van der Waals surface area contributed by atoms with Crippen LogP contribution >= 0.6 is 11.3 Å². The van der Waals surface area contributed by atoms with Crippen molar-refractivity contribution in [2.24, 2.45) is 5.92 Å². The Morgan fingerprint density at radius 2 is 1.90 bits per heavy atom. The normalized spacial score (nSPS) is 24.2. The molecule has 0 radical (unpaired) electrons. The number of thiazole rings is 1. The molecule has 11 heteroatoms. The van der Waals surface area contributed by atoms with Gasteiger partial charge in [0.1, 0.15) is 12.0 Å². The first-order chi connectivity index (χ1) is 20.0. The molecule has 3 aromatic rings. The maximum atomic E-state index is 14.0. The second-order valence-corrected chi connectivity index (χ2v) is 13.0. The third kappa shape index (κ3) is 6.23. The third-order valence-electron chi connectivity index (χ3n) is 8.46. The van der Waals surface area contributed by atoms with Crippen molar-refractivity contribution in [3.63, 3.8) is 0 Å². The molecule has 2 amide bonds. The quantitative estimate of drug-likeness (QED) is 0.359. The largest absolute Gasteiger partial charge is 0.391 e. The molecule has 42 heavy (non-hydrogen) atoms. The molecule has 1 aromatic carbocycles. The van der Waals surface area contributed by atoms with E-state index in [9.17, 15) is 14.7 Å². The number of benzene rings is 1. The first-order valence-electron chi connectivity index (χ1n) is 14.8. The number of likely N-dealkylation sites (tertiary alicyclic amines) is 1. The molecule has 5 rings (SSSR count). The molecule has 0 bridgehead atoms. The second-order valence-electron chi connectivity index (χ2n) is 12.1. The monoisotopic (exact) mass is 594 g/mol. The van der Waals surface area contributed by atoms with E-state index < -0.39 is 18.1 Å². The van der Waals surface area contributed by atoms with Crippen LogP contribution in [0.1, 0.15) is 70.0 Å². The van der Waals surface area contributed by atoms with Gasteiger partial charge in [0.05, 0.1) is 28.2 Å². The molecule has 4 heterocycles. The average molecular weight is 595 g/mol. The van der Waals surface area contributed by atoms with Crippen molar-refractivity contribution in [2.75, 3.05) is 24.5 Å². The highest BCUT2D eigenvalue weighted by Crippen LogP contribution is 2.34. The number of hydrogen-bond acceptors (Lipinski definition) is 9. The first kappa shape index (κ1) is 30.2. The lowest BCUT2D eigenvalue weighted by Crippen LogP contribution is -2.54. The van der Waals surface area contributed by atoms with Crippen LogP contribution in [0.25, 0.3) is 10.4 Å². The Hall–Kier alpha value is -3.28. The summed E-state index contributed by atoms with van der Waals surface area (Å²) in [5.74, 6) is -0.0393. The average Bonchev–Trinajstić information content (AvgIpc) is 3.70. The number of aromatic nitrogens is 2. The van der Waals surface area contributed by atoms with Crippen molar-refractivity contribution in [3.05, 3.63) is 52.9 Å². The Kier molecular flexibility index (Phi) is 9.00. The highest BCUT2D eigenvalue weighted by molar-refractivity contribution is 7.13. The number of anilines is 1. The lowest BCUT2D eigenvalue weighted by Gasteiger charge is -2.37. The number of amides is 2. The van der Waals surface area contributed by atoms with Gasteiger partial charge < -0.3 is 30.1 Å². The van der Waals surface area contributed by atoms with E-state index in [2.05, 4.69) is 39.5 Å². The number of nitrogens with zero attached hydrogens (tertiary/aromatic N) is 4. The fourth-order valence-electron chi connectivity index (χ4n) is 6.02. The molecule has 0 spiro atoms. The Morgan fingerprint density at radius 1 is 1.17 bits per heavy atom. The molecule has 2 aliphatic rings. The van der Waals surface area contributed by atoms with Crippen LogP contribution < -0.4 is 15.5 Å². The molecule has 0 saturated carbocycles. The molecule has 2 aliphatic heterocycles. The van der Waals surface area contributed by atoms with Crippen LogP contribution in [0.2, 0.25) is 0 Å². The molecule has 0 unspecified atom stereocenters. The van der Waals surface area contributed by atoms with E-state index in [0.29, 0.717) is 17.6 Å². The van der Waals surface area contributed by atoms with E-state index in [-0.39, 0.29) is 42.8 Å². The summed E-state index contributed by atoms with van der Waals surface area (Å²) < 4.78 is 5.77. The van der Waals surface area contributed by atoms with Gasteiger partial charge in [0.25, 0.3) is 0 Å². The second kappa shape index (κ2) is 12.5. The summed E-state index contributed by atoms with van der Waals surface area (Å²) >= 11 is 1.60. The smallest absolute Gasteiger partial charge is 0.243 e. The number of β-amino-alcohol motifs (C(OH)–C–C–N with tert-alkyl or cyclic N) is 1. The summed E-state index contributed by atoms with van der Waals surface area (Å²) in [5.41, 5.74) is 4.87. The number of rotatable bonds is 8. The fourth-order valence-corrected chi connectivity index (χ4v) is 6.83. The first-order valence-corrected chi connectivity index (χ1v) is 15.7. The molecule has 6 atom stereocenters. The minimum atomic E-state index is -0.775. The van der Waals surface area contributed by atoms with Gasteiger partial charge in [-0.15, -0.1) is 11.3 Å². The molecule has 3 N–H and O–H groups in total. The zero-order valence-electron chi connectivity index (χ0n) is 25.2. The van der Waals surface area contributed by atoms with E-state index in [1.165, 1.54) is 4.90 Å². The molecule has 2 aromatic heterocycles. The molecular formula is C31H42N6O4S. The van der Waals surface area contributed by atoms with Gasteiger partial charge in [0.15, 0.2) is 11.6 Å². The molecular weight excluding hydrogens is 552 g/mol. The lowest BCUT2D eigenvalue weighted by molar-refractivity contribution is -0.141. The Bertz CT molecular complexity index is 1390. The van der Waals surface area contributed by atoms with Gasteiger partial charge in [0.2, 0.25) is 11.8 Å². The van der Waals surface area contributed by atoms with Gasteiger partial charge in [-0.05, 0) is 44.7 Å². The van der Waals surface area contributed by atoms with Gasteiger partial charge in [-0.2, -0.15) is 0 Å². The van der Waals surface area contributed by atoms with Crippen molar-refractivity contribution in [1.82, 2.24) is 25.7 Å². The molecule has 0 aliphatic carbocycles. The van der Waals surface area contributed by atoms with Crippen molar-refractivity contribution in [3.8, 4) is 10.4 Å². The van der Waals surface area contributed by atoms with Crippen LogP contribution in [0.5, 0.6) is 0 Å². The van der Waals surface area contributed by atoms with Gasteiger partial charge in [-0.1, -0.05) is 43.3 Å². The number of nitrogens with one attached hydrogen (secondary N) is 2. The van der Waals surface area contributed by atoms with E-state index >= 15 is 0 Å².